The number of rotatable bonds is 1. The Bertz CT molecular complexity index is 220. The van der Waals surface area contributed by atoms with E-state index in [1.807, 2.05) is 0 Å². The molecule has 0 radical (unpaired) electrons. The standard InChI is InChI=1S/C10H14O2/c11-10(12)9-7-5-3-1-2-4-6-8(7)9/h3,5,7-9H,1-2,4,6H2,(H,11,12)/t7-,8-,9-/m1/s1. The first-order valence-corrected chi connectivity index (χ1v) is 4.70. The van der Waals surface area contributed by atoms with Gasteiger partial charge in [0.2, 0.25) is 0 Å². The summed E-state index contributed by atoms with van der Waals surface area (Å²) in [5.41, 5.74) is 0. The van der Waals surface area contributed by atoms with Gasteiger partial charge in [0.25, 0.3) is 0 Å². The number of allylic oxidation sites excluding steroid dienone is 2. The second kappa shape index (κ2) is 2.92. The van der Waals surface area contributed by atoms with Gasteiger partial charge < -0.3 is 5.11 Å². The van der Waals surface area contributed by atoms with Crippen LogP contribution in [-0.4, -0.2) is 11.1 Å². The summed E-state index contributed by atoms with van der Waals surface area (Å²) < 4.78 is 0. The Labute approximate surface area is 72.3 Å². The summed E-state index contributed by atoms with van der Waals surface area (Å²) in [6.45, 7) is 0. The van der Waals surface area contributed by atoms with Crippen LogP contribution >= 0.6 is 0 Å². The molecular weight excluding hydrogens is 152 g/mol. The normalized spacial score (nSPS) is 39.5. The average molecular weight is 166 g/mol. The van der Waals surface area contributed by atoms with Crippen LogP contribution in [0.2, 0.25) is 0 Å². The van der Waals surface area contributed by atoms with E-state index in [4.69, 9.17) is 5.11 Å². The average Bonchev–Trinajstić information content (AvgIpc) is 2.60. The molecular formula is C10H14O2. The molecule has 0 aromatic carbocycles. The van der Waals surface area contributed by atoms with Crippen molar-refractivity contribution in [1.29, 1.82) is 0 Å². The van der Waals surface area contributed by atoms with Crippen LogP contribution in [0.4, 0.5) is 0 Å². The van der Waals surface area contributed by atoms with Gasteiger partial charge in [-0.2, -0.15) is 0 Å². The van der Waals surface area contributed by atoms with Crippen LogP contribution in [0.25, 0.3) is 0 Å². The SMILES string of the molecule is O=C(O)[C@@H]1[C@@H]2C=CCCCC[C@H]21. The number of carbonyl (C=O) groups is 1. The minimum atomic E-state index is -0.600. The minimum Gasteiger partial charge on any atom is -0.481 e. The summed E-state index contributed by atoms with van der Waals surface area (Å²) in [4.78, 5) is 10.7. The molecule has 0 heterocycles. The van der Waals surface area contributed by atoms with Crippen LogP contribution in [0.15, 0.2) is 12.2 Å². The second-order valence-corrected chi connectivity index (χ2v) is 3.82. The van der Waals surface area contributed by atoms with Gasteiger partial charge in [0.1, 0.15) is 0 Å². The molecule has 0 bridgehead atoms. The quantitative estimate of drug-likeness (QED) is 0.605. The molecule has 2 heteroatoms. The Kier molecular flexibility index (Phi) is 1.91. The Morgan fingerprint density at radius 2 is 2.25 bits per heavy atom. The van der Waals surface area contributed by atoms with Gasteiger partial charge in [-0.05, 0) is 31.1 Å². The molecule has 2 aliphatic carbocycles. The Hall–Kier alpha value is -0.790. The molecule has 1 fully saturated rings. The van der Waals surface area contributed by atoms with Crippen molar-refractivity contribution in [2.24, 2.45) is 17.8 Å². The second-order valence-electron chi connectivity index (χ2n) is 3.82. The third kappa shape index (κ3) is 1.26. The zero-order valence-corrected chi connectivity index (χ0v) is 7.07. The van der Waals surface area contributed by atoms with Crippen molar-refractivity contribution in [2.75, 3.05) is 0 Å². The summed E-state index contributed by atoms with van der Waals surface area (Å²) in [6, 6.07) is 0. The summed E-state index contributed by atoms with van der Waals surface area (Å²) >= 11 is 0. The van der Waals surface area contributed by atoms with Crippen LogP contribution in [0.5, 0.6) is 0 Å². The summed E-state index contributed by atoms with van der Waals surface area (Å²) in [5, 5.41) is 8.83. The van der Waals surface area contributed by atoms with Crippen LogP contribution in [0, 0.1) is 17.8 Å². The van der Waals surface area contributed by atoms with Crippen LogP contribution in [-0.2, 0) is 4.79 Å². The highest BCUT2D eigenvalue weighted by molar-refractivity contribution is 5.74. The van der Waals surface area contributed by atoms with E-state index in [0.717, 1.165) is 12.8 Å². The first kappa shape index (κ1) is 7.84. The van der Waals surface area contributed by atoms with Crippen molar-refractivity contribution in [3.05, 3.63) is 12.2 Å². The molecule has 2 nitrogen and oxygen atoms in total. The number of aliphatic carboxylic acids is 1. The molecule has 0 aromatic rings. The van der Waals surface area contributed by atoms with Crippen molar-refractivity contribution < 1.29 is 9.90 Å². The predicted octanol–water partition coefficient (Wildman–Crippen LogP) is 2.06. The number of carboxylic acid groups (broad SMARTS) is 1. The minimum absolute atomic E-state index is 0.0562. The van der Waals surface area contributed by atoms with Crippen molar-refractivity contribution in [3.8, 4) is 0 Å². The lowest BCUT2D eigenvalue weighted by Crippen LogP contribution is -1.99. The van der Waals surface area contributed by atoms with E-state index >= 15 is 0 Å². The Morgan fingerprint density at radius 3 is 3.00 bits per heavy atom. The number of hydrogen-bond donors (Lipinski definition) is 1. The molecule has 0 aliphatic heterocycles. The third-order valence-electron chi connectivity index (χ3n) is 3.03. The number of fused-ring (bicyclic) bond motifs is 1. The monoisotopic (exact) mass is 166 g/mol. The van der Waals surface area contributed by atoms with E-state index in [9.17, 15) is 4.79 Å². The highest BCUT2D eigenvalue weighted by Gasteiger charge is 2.52. The smallest absolute Gasteiger partial charge is 0.307 e. The molecule has 3 atom stereocenters. The Balaban J connectivity index is 2.03. The summed E-state index contributed by atoms with van der Waals surface area (Å²) in [7, 11) is 0. The maximum atomic E-state index is 10.7. The van der Waals surface area contributed by atoms with Gasteiger partial charge in [-0.3, -0.25) is 4.79 Å². The van der Waals surface area contributed by atoms with E-state index in [-0.39, 0.29) is 5.92 Å². The number of hydrogen-bond acceptors (Lipinski definition) is 1. The molecule has 0 aromatic heterocycles. The third-order valence-corrected chi connectivity index (χ3v) is 3.03. The van der Waals surface area contributed by atoms with Gasteiger partial charge in [0, 0.05) is 0 Å². The van der Waals surface area contributed by atoms with Crippen molar-refractivity contribution in [2.45, 2.75) is 25.7 Å². The van der Waals surface area contributed by atoms with Gasteiger partial charge in [-0.15, -0.1) is 0 Å². The van der Waals surface area contributed by atoms with Crippen LogP contribution in [0.1, 0.15) is 25.7 Å². The highest BCUT2D eigenvalue weighted by Crippen LogP contribution is 2.51. The number of carboxylic acids is 1. The van der Waals surface area contributed by atoms with Crippen LogP contribution < -0.4 is 0 Å². The zero-order chi connectivity index (χ0) is 8.55. The maximum absolute atomic E-state index is 10.7. The lowest BCUT2D eigenvalue weighted by molar-refractivity contribution is -0.139. The largest absolute Gasteiger partial charge is 0.481 e. The van der Waals surface area contributed by atoms with Crippen molar-refractivity contribution >= 4 is 5.97 Å². The molecule has 0 spiro atoms. The van der Waals surface area contributed by atoms with Crippen LogP contribution in [0.3, 0.4) is 0 Å². The van der Waals surface area contributed by atoms with Gasteiger partial charge in [-0.25, -0.2) is 0 Å². The van der Waals surface area contributed by atoms with Crippen molar-refractivity contribution in [3.63, 3.8) is 0 Å². The fourth-order valence-electron chi connectivity index (χ4n) is 2.28. The van der Waals surface area contributed by atoms with Gasteiger partial charge in [-0.1, -0.05) is 18.6 Å². The van der Waals surface area contributed by atoms with Gasteiger partial charge >= 0.3 is 5.97 Å². The fraction of sp³-hybridized carbons (Fsp3) is 0.700. The van der Waals surface area contributed by atoms with Crippen molar-refractivity contribution in [1.82, 2.24) is 0 Å². The zero-order valence-electron chi connectivity index (χ0n) is 7.07. The molecule has 0 saturated heterocycles. The fourth-order valence-corrected chi connectivity index (χ4v) is 2.28. The topological polar surface area (TPSA) is 37.3 Å². The highest BCUT2D eigenvalue weighted by atomic mass is 16.4. The molecule has 1 N–H and O–H groups in total. The van der Waals surface area contributed by atoms with E-state index < -0.39 is 5.97 Å². The molecule has 1 saturated carbocycles. The summed E-state index contributed by atoms with van der Waals surface area (Å²) in [6.07, 6.45) is 8.95. The predicted molar refractivity (Wildman–Crippen MR) is 45.7 cm³/mol. The molecule has 66 valence electrons. The van der Waals surface area contributed by atoms with E-state index in [1.54, 1.807) is 0 Å². The lowest BCUT2D eigenvalue weighted by atomic mass is 10.1. The molecule has 0 unspecified atom stereocenters. The molecule has 2 aliphatic rings. The van der Waals surface area contributed by atoms with Gasteiger partial charge in [0.05, 0.1) is 5.92 Å². The maximum Gasteiger partial charge on any atom is 0.307 e. The first-order valence-electron chi connectivity index (χ1n) is 4.70. The molecule has 2 rings (SSSR count). The van der Waals surface area contributed by atoms with E-state index in [1.165, 1.54) is 12.8 Å². The Morgan fingerprint density at radius 1 is 1.42 bits per heavy atom. The van der Waals surface area contributed by atoms with E-state index in [0.29, 0.717) is 11.8 Å². The first-order chi connectivity index (χ1) is 5.80. The lowest BCUT2D eigenvalue weighted by Gasteiger charge is -1.99. The van der Waals surface area contributed by atoms with Gasteiger partial charge in [0.15, 0.2) is 0 Å². The summed E-state index contributed by atoms with van der Waals surface area (Å²) in [5.74, 6) is 0.165. The molecule has 12 heavy (non-hydrogen) atoms. The van der Waals surface area contributed by atoms with E-state index in [2.05, 4.69) is 12.2 Å². The molecule has 0 amide bonds.